The van der Waals surface area contributed by atoms with E-state index in [9.17, 15) is 22.4 Å². The number of aromatic nitrogens is 1. The molecule has 1 saturated carbocycles. The summed E-state index contributed by atoms with van der Waals surface area (Å²) in [6.07, 6.45) is 6.22. The molecular weight excluding hydrogens is 361 g/mol. The predicted molar refractivity (Wildman–Crippen MR) is 95.5 cm³/mol. The van der Waals surface area contributed by atoms with E-state index in [1.807, 2.05) is 4.72 Å². The first-order valence-corrected chi connectivity index (χ1v) is 9.97. The Labute approximate surface area is 150 Å². The smallest absolute Gasteiger partial charge is 0.301 e. The largest absolute Gasteiger partial charge is 0.358 e. The molecule has 0 unspecified atom stereocenters. The Morgan fingerprint density at radius 2 is 1.96 bits per heavy atom. The number of hydrogen-bond donors (Lipinski definition) is 3. The quantitative estimate of drug-likeness (QED) is 0.734. The molecule has 9 heteroatoms. The second-order valence-corrected chi connectivity index (χ2v) is 7.98. The molecule has 0 atom stereocenters. The lowest BCUT2D eigenvalue weighted by molar-refractivity contribution is 0.0979. The van der Waals surface area contributed by atoms with Gasteiger partial charge in [-0.15, -0.1) is 0 Å². The molecule has 0 spiro atoms. The lowest BCUT2D eigenvalue weighted by atomic mass is 9.90. The fraction of sp³-hybridized carbons (Fsp3) is 0.412. The van der Waals surface area contributed by atoms with Crippen LogP contribution in [0, 0.1) is 11.7 Å². The van der Waals surface area contributed by atoms with Crippen molar-refractivity contribution in [2.45, 2.75) is 32.1 Å². The Morgan fingerprint density at radius 1 is 1.23 bits per heavy atom. The van der Waals surface area contributed by atoms with Gasteiger partial charge in [-0.05, 0) is 30.9 Å². The van der Waals surface area contributed by atoms with Crippen LogP contribution in [-0.2, 0) is 10.2 Å². The summed E-state index contributed by atoms with van der Waals surface area (Å²) in [7, 11) is -4.08. The van der Waals surface area contributed by atoms with Crippen LogP contribution in [0.5, 0.6) is 0 Å². The van der Waals surface area contributed by atoms with Gasteiger partial charge in [-0.25, -0.2) is 9.11 Å². The molecule has 0 aliphatic heterocycles. The number of hydrogen-bond acceptors (Lipinski definition) is 4. The first kappa shape index (κ1) is 18.5. The molecule has 1 amide bonds. The van der Waals surface area contributed by atoms with E-state index in [0.717, 1.165) is 38.3 Å². The summed E-state index contributed by atoms with van der Waals surface area (Å²) >= 11 is 0. The number of carbonyl (C=O) groups excluding carboxylic acids is 1. The summed E-state index contributed by atoms with van der Waals surface area (Å²) in [5.41, 5.74) is -1.17. The number of pyridine rings is 1. The third kappa shape index (κ3) is 4.10. The average Bonchev–Trinajstić information content (AvgIpc) is 2.61. The minimum Gasteiger partial charge on any atom is -0.358 e. The Bertz CT molecular complexity index is 981. The van der Waals surface area contributed by atoms with Crippen LogP contribution in [0.2, 0.25) is 0 Å². The SMILES string of the molecule is O=C(NS(=O)(=O)NCC1CCCCC1)c1c[nH]c2c(F)cccc2c1=O. The van der Waals surface area contributed by atoms with Crippen molar-refractivity contribution in [3.8, 4) is 0 Å². The van der Waals surface area contributed by atoms with E-state index in [0.29, 0.717) is 0 Å². The topological polar surface area (TPSA) is 108 Å². The van der Waals surface area contributed by atoms with Crippen LogP contribution in [0.3, 0.4) is 0 Å². The number of halogens is 1. The highest BCUT2D eigenvalue weighted by Gasteiger charge is 2.21. The van der Waals surface area contributed by atoms with Gasteiger partial charge < -0.3 is 4.98 Å². The molecule has 1 heterocycles. The van der Waals surface area contributed by atoms with E-state index in [1.165, 1.54) is 18.2 Å². The zero-order chi connectivity index (χ0) is 18.7. The summed E-state index contributed by atoms with van der Waals surface area (Å²) in [5, 5.41) is -0.0230. The molecule has 0 saturated heterocycles. The Morgan fingerprint density at radius 3 is 2.69 bits per heavy atom. The highest BCUT2D eigenvalue weighted by Crippen LogP contribution is 2.22. The summed E-state index contributed by atoms with van der Waals surface area (Å²) < 4.78 is 42.0. The molecule has 3 N–H and O–H groups in total. The zero-order valence-corrected chi connectivity index (χ0v) is 14.9. The van der Waals surface area contributed by atoms with Crippen molar-refractivity contribution in [3.05, 3.63) is 46.0 Å². The summed E-state index contributed by atoms with van der Waals surface area (Å²) in [4.78, 5) is 27.1. The molecule has 26 heavy (non-hydrogen) atoms. The fourth-order valence-electron chi connectivity index (χ4n) is 3.22. The van der Waals surface area contributed by atoms with Crippen LogP contribution >= 0.6 is 0 Å². The van der Waals surface area contributed by atoms with Gasteiger partial charge in [0.15, 0.2) is 0 Å². The first-order valence-electron chi connectivity index (χ1n) is 8.49. The van der Waals surface area contributed by atoms with Gasteiger partial charge in [0.2, 0.25) is 5.43 Å². The number of carbonyl (C=O) groups is 1. The van der Waals surface area contributed by atoms with E-state index in [1.54, 1.807) is 0 Å². The number of H-pyrrole nitrogens is 1. The third-order valence-electron chi connectivity index (χ3n) is 4.62. The van der Waals surface area contributed by atoms with Crippen LogP contribution < -0.4 is 14.9 Å². The van der Waals surface area contributed by atoms with Gasteiger partial charge in [0.1, 0.15) is 11.4 Å². The van der Waals surface area contributed by atoms with Gasteiger partial charge in [0.05, 0.1) is 5.52 Å². The second-order valence-electron chi connectivity index (χ2n) is 6.48. The normalized spacial score (nSPS) is 15.9. The highest BCUT2D eigenvalue weighted by molar-refractivity contribution is 7.88. The van der Waals surface area contributed by atoms with E-state index >= 15 is 0 Å². The van der Waals surface area contributed by atoms with E-state index in [4.69, 9.17) is 0 Å². The number of benzene rings is 1. The Hall–Kier alpha value is -2.26. The van der Waals surface area contributed by atoms with Crippen LogP contribution in [0.1, 0.15) is 42.5 Å². The molecule has 1 aliphatic rings. The van der Waals surface area contributed by atoms with Crippen LogP contribution in [-0.4, -0.2) is 25.9 Å². The van der Waals surface area contributed by atoms with Crippen molar-refractivity contribution in [2.75, 3.05) is 6.54 Å². The fourth-order valence-corrected chi connectivity index (χ4v) is 4.10. The van der Waals surface area contributed by atoms with Gasteiger partial charge in [-0.1, -0.05) is 25.3 Å². The third-order valence-corrected chi connectivity index (χ3v) is 5.62. The maximum atomic E-state index is 13.7. The summed E-state index contributed by atoms with van der Waals surface area (Å²) in [5.74, 6) is -1.44. The number of amides is 1. The average molecular weight is 381 g/mol. The monoisotopic (exact) mass is 381 g/mol. The highest BCUT2D eigenvalue weighted by atomic mass is 32.2. The second kappa shape index (κ2) is 7.55. The van der Waals surface area contributed by atoms with Crippen molar-refractivity contribution >= 4 is 27.0 Å². The van der Waals surface area contributed by atoms with Crippen LogP contribution in [0.4, 0.5) is 4.39 Å². The number of para-hydroxylation sites is 1. The molecule has 140 valence electrons. The van der Waals surface area contributed by atoms with Crippen LogP contribution in [0.25, 0.3) is 10.9 Å². The standard InChI is InChI=1S/C17H20FN3O4S/c18-14-8-4-7-12-15(14)19-10-13(16(12)22)17(23)21-26(24,25)20-9-11-5-2-1-3-6-11/h4,7-8,10-11,20H,1-3,5-6,9H2,(H,19,22)(H,21,23). The maximum Gasteiger partial charge on any atom is 0.301 e. The van der Waals surface area contributed by atoms with Gasteiger partial charge in [0.25, 0.3) is 5.91 Å². The van der Waals surface area contributed by atoms with Gasteiger partial charge in [0, 0.05) is 18.1 Å². The van der Waals surface area contributed by atoms with Gasteiger partial charge in [-0.2, -0.15) is 13.1 Å². The van der Waals surface area contributed by atoms with Crippen molar-refractivity contribution in [1.29, 1.82) is 0 Å². The number of fused-ring (bicyclic) bond motifs is 1. The Balaban J connectivity index is 1.73. The van der Waals surface area contributed by atoms with E-state index < -0.39 is 32.9 Å². The molecule has 7 nitrogen and oxygen atoms in total. The molecule has 1 aliphatic carbocycles. The Kier molecular flexibility index (Phi) is 5.38. The molecule has 0 radical (unpaired) electrons. The minimum absolute atomic E-state index is 0.0230. The van der Waals surface area contributed by atoms with E-state index in [2.05, 4.69) is 9.71 Å². The molecule has 1 aromatic carbocycles. The number of nitrogens with one attached hydrogen (secondary N) is 3. The van der Waals surface area contributed by atoms with Crippen LogP contribution in [0.15, 0.2) is 29.2 Å². The van der Waals surface area contributed by atoms with Crippen molar-refractivity contribution < 1.29 is 17.6 Å². The van der Waals surface area contributed by atoms with Gasteiger partial charge >= 0.3 is 10.2 Å². The first-order chi connectivity index (χ1) is 12.4. The lowest BCUT2D eigenvalue weighted by Gasteiger charge is -2.21. The van der Waals surface area contributed by atoms with Crippen molar-refractivity contribution in [3.63, 3.8) is 0 Å². The number of aromatic amines is 1. The molecule has 1 aromatic heterocycles. The van der Waals surface area contributed by atoms with Gasteiger partial charge in [-0.3, -0.25) is 9.59 Å². The maximum absolute atomic E-state index is 13.7. The number of rotatable bonds is 5. The van der Waals surface area contributed by atoms with Crippen molar-refractivity contribution in [1.82, 2.24) is 14.4 Å². The lowest BCUT2D eigenvalue weighted by Crippen LogP contribution is -2.43. The van der Waals surface area contributed by atoms with Crippen molar-refractivity contribution in [2.24, 2.45) is 5.92 Å². The molecule has 0 bridgehead atoms. The summed E-state index contributed by atoms with van der Waals surface area (Å²) in [6, 6.07) is 3.89. The molecular formula is C17H20FN3O4S. The molecule has 3 rings (SSSR count). The zero-order valence-electron chi connectivity index (χ0n) is 14.0. The predicted octanol–water partition coefficient (Wildman–Crippen LogP) is 1.81. The molecule has 1 fully saturated rings. The minimum atomic E-state index is -4.08. The summed E-state index contributed by atoms with van der Waals surface area (Å²) in [6.45, 7) is 0.252. The van der Waals surface area contributed by atoms with E-state index in [-0.39, 0.29) is 23.4 Å². The molecule has 2 aromatic rings.